The number of aryl methyl sites for hydroxylation is 2. The van der Waals surface area contributed by atoms with E-state index in [1.165, 1.54) is 0 Å². The molecule has 0 aliphatic carbocycles. The predicted molar refractivity (Wildman–Crippen MR) is 83.7 cm³/mol. The maximum atomic E-state index is 12.2. The van der Waals surface area contributed by atoms with Crippen molar-refractivity contribution in [3.63, 3.8) is 0 Å². The molecule has 0 spiro atoms. The van der Waals surface area contributed by atoms with E-state index in [0.717, 1.165) is 16.5 Å². The number of fused-ring (bicyclic) bond motifs is 1. The molecule has 1 heterocycles. The van der Waals surface area contributed by atoms with Crippen LogP contribution in [0.2, 0.25) is 0 Å². The van der Waals surface area contributed by atoms with Crippen LogP contribution in [-0.2, 0) is 11.2 Å². The highest BCUT2D eigenvalue weighted by atomic mass is 16.5. The fourth-order valence-electron chi connectivity index (χ4n) is 2.47. The molecule has 0 bridgehead atoms. The van der Waals surface area contributed by atoms with Crippen LogP contribution in [0.5, 0.6) is 5.75 Å². The number of benzene rings is 1. The monoisotopic (exact) mass is 304 g/mol. The first-order valence-electron chi connectivity index (χ1n) is 7.25. The molecule has 0 unspecified atom stereocenters. The van der Waals surface area contributed by atoms with Crippen LogP contribution in [0.25, 0.3) is 11.0 Å². The van der Waals surface area contributed by atoms with Gasteiger partial charge in [-0.15, -0.1) is 0 Å². The van der Waals surface area contributed by atoms with E-state index in [2.05, 4.69) is 0 Å². The van der Waals surface area contributed by atoms with Crippen LogP contribution >= 0.6 is 0 Å². The number of rotatable bonds is 5. The highest BCUT2D eigenvalue weighted by molar-refractivity contribution is 5.85. The Hall–Kier alpha value is -2.30. The predicted octanol–water partition coefficient (Wildman–Crippen LogP) is 3.21. The topological polar surface area (TPSA) is 76.7 Å². The van der Waals surface area contributed by atoms with Crippen molar-refractivity contribution >= 4 is 16.9 Å². The average molecular weight is 304 g/mol. The van der Waals surface area contributed by atoms with Gasteiger partial charge in [-0.1, -0.05) is 0 Å². The molecule has 2 rings (SSSR count). The van der Waals surface area contributed by atoms with E-state index >= 15 is 0 Å². The summed E-state index contributed by atoms with van der Waals surface area (Å²) in [4.78, 5) is 22.9. The van der Waals surface area contributed by atoms with Crippen LogP contribution in [-0.4, -0.2) is 17.2 Å². The van der Waals surface area contributed by atoms with Crippen molar-refractivity contribution in [2.75, 3.05) is 0 Å². The number of hydrogen-bond acceptors (Lipinski definition) is 4. The van der Waals surface area contributed by atoms with E-state index < -0.39 is 11.6 Å². The van der Waals surface area contributed by atoms with Crippen molar-refractivity contribution < 1.29 is 19.1 Å². The fraction of sp³-hybridized carbons (Fsp3) is 0.412. The minimum Gasteiger partial charge on any atom is -0.491 e. The molecule has 1 N–H and O–H groups in total. The minimum absolute atomic E-state index is 0.0267. The maximum Gasteiger partial charge on any atom is 0.339 e. The lowest BCUT2D eigenvalue weighted by molar-refractivity contribution is -0.136. The third-order valence-corrected chi connectivity index (χ3v) is 3.61. The molecule has 0 aliphatic heterocycles. The van der Waals surface area contributed by atoms with Crippen LogP contribution in [0.1, 0.15) is 37.0 Å². The first kappa shape index (κ1) is 16.1. The van der Waals surface area contributed by atoms with Crippen molar-refractivity contribution in [3.05, 3.63) is 39.2 Å². The zero-order valence-electron chi connectivity index (χ0n) is 13.2. The highest BCUT2D eigenvalue weighted by Gasteiger charge is 2.16. The van der Waals surface area contributed by atoms with Gasteiger partial charge in [0.05, 0.1) is 6.10 Å². The number of carboxylic acids is 1. The Morgan fingerprint density at radius 2 is 1.95 bits per heavy atom. The molecule has 1 aromatic heterocycles. The minimum atomic E-state index is -0.934. The third kappa shape index (κ3) is 3.13. The van der Waals surface area contributed by atoms with Gasteiger partial charge in [-0.3, -0.25) is 4.79 Å². The molecule has 0 saturated carbocycles. The molecule has 5 nitrogen and oxygen atoms in total. The van der Waals surface area contributed by atoms with Crippen LogP contribution in [0.4, 0.5) is 0 Å². The van der Waals surface area contributed by atoms with E-state index in [9.17, 15) is 9.59 Å². The summed E-state index contributed by atoms with van der Waals surface area (Å²) < 4.78 is 11.1. The summed E-state index contributed by atoms with van der Waals surface area (Å²) in [5.41, 5.74) is 1.99. The van der Waals surface area contributed by atoms with E-state index in [0.29, 0.717) is 16.9 Å². The lowest BCUT2D eigenvalue weighted by atomic mass is 10.0. The Labute approximate surface area is 128 Å². The van der Waals surface area contributed by atoms with Gasteiger partial charge in [0.15, 0.2) is 0 Å². The standard InChI is InChI=1S/C17H20O5/c1-9(2)21-14-7-5-12-10(3)13(6-8-15(18)19)17(20)22-16(12)11(14)4/h5,7,9H,6,8H2,1-4H3,(H,18,19). The largest absolute Gasteiger partial charge is 0.491 e. The summed E-state index contributed by atoms with van der Waals surface area (Å²) in [5.74, 6) is -0.251. The number of ether oxygens (including phenoxy) is 1. The molecular weight excluding hydrogens is 284 g/mol. The molecule has 1 aromatic carbocycles. The van der Waals surface area contributed by atoms with Crippen molar-refractivity contribution in [3.8, 4) is 5.75 Å². The van der Waals surface area contributed by atoms with Gasteiger partial charge in [0, 0.05) is 22.9 Å². The Kier molecular flexibility index (Phi) is 4.54. The van der Waals surface area contributed by atoms with Gasteiger partial charge in [0.1, 0.15) is 11.3 Å². The van der Waals surface area contributed by atoms with Crippen molar-refractivity contribution in [1.29, 1.82) is 0 Å². The summed E-state index contributed by atoms with van der Waals surface area (Å²) in [7, 11) is 0. The summed E-state index contributed by atoms with van der Waals surface area (Å²) in [5, 5.41) is 9.60. The second kappa shape index (κ2) is 6.22. The van der Waals surface area contributed by atoms with Gasteiger partial charge in [0.2, 0.25) is 0 Å². The van der Waals surface area contributed by atoms with Crippen LogP contribution in [0.15, 0.2) is 21.3 Å². The molecule has 0 radical (unpaired) electrons. The van der Waals surface area contributed by atoms with Crippen LogP contribution in [0.3, 0.4) is 0 Å². The zero-order chi connectivity index (χ0) is 16.4. The van der Waals surface area contributed by atoms with E-state index in [-0.39, 0.29) is 18.9 Å². The second-order valence-corrected chi connectivity index (χ2v) is 5.62. The van der Waals surface area contributed by atoms with Crippen molar-refractivity contribution in [2.45, 2.75) is 46.6 Å². The fourth-order valence-corrected chi connectivity index (χ4v) is 2.47. The molecule has 0 amide bonds. The molecule has 22 heavy (non-hydrogen) atoms. The molecule has 0 aliphatic rings. The first-order chi connectivity index (χ1) is 10.3. The maximum absolute atomic E-state index is 12.2. The van der Waals surface area contributed by atoms with Gasteiger partial charge in [-0.2, -0.15) is 0 Å². The zero-order valence-corrected chi connectivity index (χ0v) is 13.2. The quantitative estimate of drug-likeness (QED) is 0.858. The Bertz CT molecular complexity index is 771. The average Bonchev–Trinajstić information content (AvgIpc) is 2.41. The van der Waals surface area contributed by atoms with Gasteiger partial charge in [-0.25, -0.2) is 4.79 Å². The van der Waals surface area contributed by atoms with Crippen LogP contribution < -0.4 is 10.4 Å². The Balaban J connectivity index is 2.58. The SMILES string of the molecule is Cc1c(CCC(=O)O)c(=O)oc2c(C)c(OC(C)C)ccc12. The lowest BCUT2D eigenvalue weighted by Gasteiger charge is -2.15. The van der Waals surface area contributed by atoms with Gasteiger partial charge in [0.25, 0.3) is 0 Å². The molecule has 118 valence electrons. The number of carboxylic acid groups (broad SMARTS) is 1. The number of carbonyl (C=O) groups is 1. The van der Waals surface area contributed by atoms with Crippen LogP contribution in [0, 0.1) is 13.8 Å². The first-order valence-corrected chi connectivity index (χ1v) is 7.25. The number of aliphatic carboxylic acids is 1. The third-order valence-electron chi connectivity index (χ3n) is 3.61. The lowest BCUT2D eigenvalue weighted by Crippen LogP contribution is -2.13. The Morgan fingerprint density at radius 3 is 2.55 bits per heavy atom. The molecule has 2 aromatic rings. The number of hydrogen-bond donors (Lipinski definition) is 1. The van der Waals surface area contributed by atoms with E-state index in [1.54, 1.807) is 0 Å². The molecule has 5 heteroatoms. The van der Waals surface area contributed by atoms with Crippen molar-refractivity contribution in [1.82, 2.24) is 0 Å². The van der Waals surface area contributed by atoms with Gasteiger partial charge in [-0.05, 0) is 51.8 Å². The molecule has 0 saturated heterocycles. The van der Waals surface area contributed by atoms with Gasteiger partial charge < -0.3 is 14.3 Å². The smallest absolute Gasteiger partial charge is 0.339 e. The summed E-state index contributed by atoms with van der Waals surface area (Å²) in [6, 6.07) is 3.70. The summed E-state index contributed by atoms with van der Waals surface area (Å²) in [6.45, 7) is 7.53. The highest BCUT2D eigenvalue weighted by Crippen LogP contribution is 2.30. The normalized spacial score (nSPS) is 11.1. The Morgan fingerprint density at radius 1 is 1.27 bits per heavy atom. The van der Waals surface area contributed by atoms with E-state index in [1.807, 2.05) is 39.8 Å². The van der Waals surface area contributed by atoms with E-state index in [4.69, 9.17) is 14.3 Å². The van der Waals surface area contributed by atoms with Gasteiger partial charge >= 0.3 is 11.6 Å². The summed E-state index contributed by atoms with van der Waals surface area (Å²) >= 11 is 0. The molecule has 0 atom stereocenters. The summed E-state index contributed by atoms with van der Waals surface area (Å²) in [6.07, 6.45) is 0.103. The second-order valence-electron chi connectivity index (χ2n) is 5.62. The molecule has 0 fully saturated rings. The molecular formula is C17H20O5. The van der Waals surface area contributed by atoms with Crippen molar-refractivity contribution in [2.24, 2.45) is 0 Å².